The van der Waals surface area contributed by atoms with Crippen LogP contribution in [0.25, 0.3) is 0 Å². The molecule has 0 aliphatic heterocycles. The van der Waals surface area contributed by atoms with Gasteiger partial charge in [0.15, 0.2) is 0 Å². The predicted octanol–water partition coefficient (Wildman–Crippen LogP) is -0.206. The molecular weight excluding hydrogens is 136 g/mol. The van der Waals surface area contributed by atoms with Crippen molar-refractivity contribution >= 4 is 6.09 Å². The number of ether oxygens (including phenoxy) is 1. The second-order valence-electron chi connectivity index (χ2n) is 1.44. The van der Waals surface area contributed by atoms with Crippen LogP contribution in [0.3, 0.4) is 0 Å². The molecule has 0 bridgehead atoms. The fraction of sp³-hybridized carbons (Fsp3) is 0.600. The largest absolute Gasteiger partial charge is 0.465 e. The van der Waals surface area contributed by atoms with Crippen molar-refractivity contribution in [1.29, 1.82) is 5.26 Å². The second-order valence-corrected chi connectivity index (χ2v) is 1.44. The number of rotatable bonds is 4. The Kier molecular flexibility index (Phi) is 5.10. The number of nitriles is 1. The summed E-state index contributed by atoms with van der Waals surface area (Å²) < 4.78 is 4.65. The summed E-state index contributed by atoms with van der Waals surface area (Å²) in [6, 6.07) is 1.76. The zero-order valence-electron chi connectivity index (χ0n) is 5.33. The minimum atomic E-state index is -1.08. The van der Waals surface area contributed by atoms with Gasteiger partial charge in [-0.25, -0.2) is 4.79 Å². The first kappa shape index (κ1) is 8.72. The Labute approximate surface area is 58.2 Å². The van der Waals surface area contributed by atoms with E-state index in [0.717, 1.165) is 0 Å². The molecular formula is C5H8N2O3. The molecule has 0 fully saturated rings. The van der Waals surface area contributed by atoms with Gasteiger partial charge in [0.1, 0.15) is 6.61 Å². The molecule has 0 radical (unpaired) electrons. The van der Waals surface area contributed by atoms with Crippen LogP contribution in [-0.2, 0) is 4.74 Å². The Hall–Kier alpha value is -1.28. The van der Waals surface area contributed by atoms with Crippen LogP contribution in [0.4, 0.5) is 4.79 Å². The number of amides is 1. The molecule has 0 aliphatic carbocycles. The smallest absolute Gasteiger partial charge is 0.404 e. The van der Waals surface area contributed by atoms with Gasteiger partial charge in [-0.3, -0.25) is 0 Å². The maximum atomic E-state index is 9.80. The van der Waals surface area contributed by atoms with Crippen LogP contribution in [-0.4, -0.2) is 31.0 Å². The lowest BCUT2D eigenvalue weighted by Crippen LogP contribution is -2.25. The highest BCUT2D eigenvalue weighted by Gasteiger charge is 1.91. The molecule has 0 spiro atoms. The zero-order chi connectivity index (χ0) is 7.82. The summed E-state index contributed by atoms with van der Waals surface area (Å²) in [4.78, 5) is 9.80. The molecule has 5 heteroatoms. The Morgan fingerprint density at radius 2 is 2.50 bits per heavy atom. The SMILES string of the molecule is N#CCOCCNC(=O)O. The van der Waals surface area contributed by atoms with Gasteiger partial charge in [-0.1, -0.05) is 0 Å². The fourth-order valence-corrected chi connectivity index (χ4v) is 0.348. The van der Waals surface area contributed by atoms with Gasteiger partial charge in [0.25, 0.3) is 0 Å². The first-order valence-corrected chi connectivity index (χ1v) is 2.69. The van der Waals surface area contributed by atoms with Crippen LogP contribution < -0.4 is 5.32 Å². The minimum Gasteiger partial charge on any atom is -0.465 e. The molecule has 0 aliphatic rings. The standard InChI is InChI=1S/C5H8N2O3/c6-1-3-10-4-2-7-5(8)9/h7H,2-4H2,(H,8,9). The Balaban J connectivity index is 2.92. The summed E-state index contributed by atoms with van der Waals surface area (Å²) >= 11 is 0. The third kappa shape index (κ3) is 6.72. The zero-order valence-corrected chi connectivity index (χ0v) is 5.33. The lowest BCUT2D eigenvalue weighted by atomic mass is 10.7. The van der Waals surface area contributed by atoms with Crippen LogP contribution >= 0.6 is 0 Å². The summed E-state index contributed by atoms with van der Waals surface area (Å²) in [5.74, 6) is 0. The summed E-state index contributed by atoms with van der Waals surface area (Å²) in [7, 11) is 0. The highest BCUT2D eigenvalue weighted by Crippen LogP contribution is 1.70. The number of carboxylic acid groups (broad SMARTS) is 1. The number of carbonyl (C=O) groups is 1. The number of nitrogens with one attached hydrogen (secondary N) is 1. The average Bonchev–Trinajstić information content (AvgIpc) is 1.87. The van der Waals surface area contributed by atoms with E-state index in [0.29, 0.717) is 0 Å². The Bertz CT molecular complexity index is 140. The summed E-state index contributed by atoms with van der Waals surface area (Å²) in [6.07, 6.45) is -1.08. The molecule has 56 valence electrons. The van der Waals surface area contributed by atoms with E-state index in [4.69, 9.17) is 10.4 Å². The van der Waals surface area contributed by atoms with Gasteiger partial charge in [0.05, 0.1) is 12.7 Å². The third-order valence-electron chi connectivity index (χ3n) is 0.689. The normalized spacial score (nSPS) is 8.30. The number of nitrogens with zero attached hydrogens (tertiary/aromatic N) is 1. The highest BCUT2D eigenvalue weighted by molar-refractivity contribution is 5.64. The molecule has 5 nitrogen and oxygen atoms in total. The molecule has 0 saturated heterocycles. The van der Waals surface area contributed by atoms with Crippen molar-refractivity contribution in [3.8, 4) is 6.07 Å². The highest BCUT2D eigenvalue weighted by atomic mass is 16.5. The quantitative estimate of drug-likeness (QED) is 0.535. The third-order valence-corrected chi connectivity index (χ3v) is 0.689. The van der Waals surface area contributed by atoms with Crippen LogP contribution in [0, 0.1) is 11.3 Å². The molecule has 0 heterocycles. The first-order chi connectivity index (χ1) is 4.77. The van der Waals surface area contributed by atoms with Crippen molar-refractivity contribution in [1.82, 2.24) is 5.32 Å². The van der Waals surface area contributed by atoms with Crippen molar-refractivity contribution < 1.29 is 14.6 Å². The monoisotopic (exact) mass is 144 g/mol. The van der Waals surface area contributed by atoms with Crippen molar-refractivity contribution in [2.24, 2.45) is 0 Å². The van der Waals surface area contributed by atoms with E-state index in [-0.39, 0.29) is 19.8 Å². The van der Waals surface area contributed by atoms with Gasteiger partial charge in [-0.2, -0.15) is 5.26 Å². The number of hydrogen-bond acceptors (Lipinski definition) is 3. The topological polar surface area (TPSA) is 82.3 Å². The number of hydrogen-bond donors (Lipinski definition) is 2. The van der Waals surface area contributed by atoms with Crippen molar-refractivity contribution in [2.45, 2.75) is 0 Å². The average molecular weight is 144 g/mol. The molecule has 0 rings (SSSR count). The van der Waals surface area contributed by atoms with E-state index in [2.05, 4.69) is 10.1 Å². The van der Waals surface area contributed by atoms with E-state index in [1.165, 1.54) is 0 Å². The van der Waals surface area contributed by atoms with Crippen LogP contribution in [0.1, 0.15) is 0 Å². The van der Waals surface area contributed by atoms with E-state index < -0.39 is 6.09 Å². The van der Waals surface area contributed by atoms with Gasteiger partial charge in [0.2, 0.25) is 0 Å². The van der Waals surface area contributed by atoms with E-state index in [9.17, 15) is 4.79 Å². The van der Waals surface area contributed by atoms with Crippen LogP contribution in [0.15, 0.2) is 0 Å². The summed E-state index contributed by atoms with van der Waals surface area (Å²) in [5, 5.41) is 18.1. The minimum absolute atomic E-state index is 0.00129. The molecule has 0 aromatic heterocycles. The molecule has 0 aromatic rings. The maximum absolute atomic E-state index is 9.80. The lowest BCUT2D eigenvalue weighted by molar-refractivity contribution is 0.158. The van der Waals surface area contributed by atoms with Gasteiger partial charge in [-0.05, 0) is 0 Å². The first-order valence-electron chi connectivity index (χ1n) is 2.69. The molecule has 1 amide bonds. The molecule has 0 aromatic carbocycles. The van der Waals surface area contributed by atoms with Gasteiger partial charge in [-0.15, -0.1) is 0 Å². The molecule has 0 atom stereocenters. The van der Waals surface area contributed by atoms with E-state index >= 15 is 0 Å². The lowest BCUT2D eigenvalue weighted by Gasteiger charge is -1.98. The van der Waals surface area contributed by atoms with Gasteiger partial charge >= 0.3 is 6.09 Å². The van der Waals surface area contributed by atoms with E-state index in [1.54, 1.807) is 6.07 Å². The summed E-state index contributed by atoms with van der Waals surface area (Å²) in [5.41, 5.74) is 0. The van der Waals surface area contributed by atoms with Gasteiger partial charge in [0, 0.05) is 6.54 Å². The van der Waals surface area contributed by atoms with Crippen LogP contribution in [0.2, 0.25) is 0 Å². The Morgan fingerprint density at radius 3 is 3.00 bits per heavy atom. The van der Waals surface area contributed by atoms with Gasteiger partial charge < -0.3 is 15.2 Å². The fourth-order valence-electron chi connectivity index (χ4n) is 0.348. The summed E-state index contributed by atoms with van der Waals surface area (Å²) in [6.45, 7) is 0.457. The van der Waals surface area contributed by atoms with E-state index in [1.807, 2.05) is 0 Å². The molecule has 10 heavy (non-hydrogen) atoms. The van der Waals surface area contributed by atoms with Crippen LogP contribution in [0.5, 0.6) is 0 Å². The predicted molar refractivity (Wildman–Crippen MR) is 32.5 cm³/mol. The van der Waals surface area contributed by atoms with Crippen molar-refractivity contribution in [3.63, 3.8) is 0 Å². The molecule has 0 unspecified atom stereocenters. The second kappa shape index (κ2) is 5.85. The Morgan fingerprint density at radius 1 is 1.80 bits per heavy atom. The maximum Gasteiger partial charge on any atom is 0.404 e. The molecule has 2 N–H and O–H groups in total. The molecule has 0 saturated carbocycles. The van der Waals surface area contributed by atoms with Crippen molar-refractivity contribution in [3.05, 3.63) is 0 Å². The van der Waals surface area contributed by atoms with Crippen molar-refractivity contribution in [2.75, 3.05) is 19.8 Å².